The molecule has 2 heterocycles. The van der Waals surface area contributed by atoms with Crippen molar-refractivity contribution < 1.29 is 14.4 Å². The third-order valence-electron chi connectivity index (χ3n) is 2.50. The van der Waals surface area contributed by atoms with Crippen LogP contribution in [0, 0.1) is 13.1 Å². The van der Waals surface area contributed by atoms with E-state index >= 15 is 0 Å². The van der Waals surface area contributed by atoms with Crippen LogP contribution in [0.15, 0.2) is 0 Å². The highest BCUT2D eigenvalue weighted by Gasteiger charge is 2.74. The fourth-order valence-corrected chi connectivity index (χ4v) is 4.08. The Hall–Kier alpha value is -1.37. The number of hydrogen-bond donors (Lipinski definition) is 0. The van der Waals surface area contributed by atoms with Crippen LogP contribution in [0.2, 0.25) is 0 Å². The number of fused-ring (bicyclic) bond motifs is 1. The lowest BCUT2D eigenvalue weighted by Crippen LogP contribution is -2.67. The summed E-state index contributed by atoms with van der Waals surface area (Å²) in [5.74, 6) is -0.927. The summed E-state index contributed by atoms with van der Waals surface area (Å²) in [5.41, 5.74) is 0. The van der Waals surface area contributed by atoms with Crippen molar-refractivity contribution in [1.29, 1.82) is 0 Å². The van der Waals surface area contributed by atoms with Crippen LogP contribution in [0.4, 0.5) is 9.59 Å². The summed E-state index contributed by atoms with van der Waals surface area (Å²) < 4.78 is -0.0408. The molecule has 0 bridgehead atoms. The van der Waals surface area contributed by atoms with Gasteiger partial charge in [0, 0.05) is 5.01 Å². The normalized spacial score (nSPS) is 30.4. The van der Waals surface area contributed by atoms with Gasteiger partial charge in [0.15, 0.2) is 6.04 Å². The van der Waals surface area contributed by atoms with Crippen LogP contribution >= 0.6 is 48.2 Å². The molecule has 2 unspecified atom stereocenters. The van der Waals surface area contributed by atoms with E-state index in [1.807, 2.05) is 0 Å². The van der Waals surface area contributed by atoms with Crippen molar-refractivity contribution in [2.24, 2.45) is 0 Å². The lowest BCUT2D eigenvalue weighted by molar-refractivity contribution is -0.134. The molecule has 19 heavy (non-hydrogen) atoms. The molecule has 0 aliphatic carbocycles. The van der Waals surface area contributed by atoms with Gasteiger partial charge in [-0.3, -0.25) is 4.79 Å². The second kappa shape index (κ2) is 4.33. The number of amides is 5. The van der Waals surface area contributed by atoms with Gasteiger partial charge in [-0.05, 0) is 15.9 Å². The first-order valence-corrected chi connectivity index (χ1v) is 6.60. The lowest BCUT2D eigenvalue weighted by atomic mass is 10.2. The smallest absolute Gasteiger partial charge is 0.264 e. The predicted octanol–water partition coefficient (Wildman–Crippen LogP) is 1.69. The fourth-order valence-electron chi connectivity index (χ4n) is 1.67. The van der Waals surface area contributed by atoms with Crippen molar-refractivity contribution in [2.45, 2.75) is 10.6 Å². The second-order valence-corrected chi connectivity index (χ2v) is 6.00. The summed E-state index contributed by atoms with van der Waals surface area (Å²) in [6, 6.07) is -3.13. The van der Waals surface area contributed by atoms with Crippen molar-refractivity contribution in [3.05, 3.63) is 23.1 Å². The minimum Gasteiger partial charge on any atom is -0.264 e. The molecule has 0 N–H and O–H groups in total. The average Bonchev–Trinajstić information content (AvgIpc) is 2.53. The van der Waals surface area contributed by atoms with E-state index in [0.29, 0.717) is 5.01 Å². The van der Waals surface area contributed by atoms with Gasteiger partial charge in [-0.15, -0.1) is 9.91 Å². The van der Waals surface area contributed by atoms with E-state index in [2.05, 4.69) is 58.1 Å². The maximum absolute atomic E-state index is 12.1. The minimum absolute atomic E-state index is 0.204. The van der Waals surface area contributed by atoms with Gasteiger partial charge in [-0.2, -0.15) is 13.1 Å². The molecule has 98 valence electrons. The Morgan fingerprint density at radius 3 is 2.16 bits per heavy atom. The molecule has 5 amide bonds. The molecule has 2 rings (SSSR count). The topological polar surface area (TPSA) is 72.9 Å². The van der Waals surface area contributed by atoms with Gasteiger partial charge < -0.3 is 0 Å². The van der Waals surface area contributed by atoms with Crippen molar-refractivity contribution in [1.82, 2.24) is 17.9 Å². The van der Waals surface area contributed by atoms with Gasteiger partial charge in [0.05, 0.1) is 37.3 Å². The standard InChI is InChI=1S/C7HBr3N6O3/c1-11-14-4(17)3-7(8,16(12-2)6(14)19)15(10)5(18)13(3)9/h3H. The number of carbonyl (C=O) groups is 3. The van der Waals surface area contributed by atoms with E-state index in [1.54, 1.807) is 0 Å². The van der Waals surface area contributed by atoms with Crippen LogP contribution in [-0.2, 0) is 4.79 Å². The van der Waals surface area contributed by atoms with E-state index in [-0.39, 0.29) is 5.01 Å². The zero-order valence-corrected chi connectivity index (χ0v) is 13.4. The Kier molecular flexibility index (Phi) is 3.20. The van der Waals surface area contributed by atoms with Gasteiger partial charge >= 0.3 is 18.0 Å². The number of halogens is 3. The highest BCUT2D eigenvalue weighted by molar-refractivity contribution is 9.11. The van der Waals surface area contributed by atoms with E-state index in [4.69, 9.17) is 13.1 Å². The van der Waals surface area contributed by atoms with Crippen LogP contribution in [0.1, 0.15) is 0 Å². The average molecular weight is 457 g/mol. The molecule has 0 aromatic carbocycles. The molecular weight excluding hydrogens is 456 g/mol. The maximum atomic E-state index is 12.1. The molecule has 0 aromatic heterocycles. The van der Waals surface area contributed by atoms with E-state index < -0.39 is 28.6 Å². The molecule has 9 nitrogen and oxygen atoms in total. The van der Waals surface area contributed by atoms with Gasteiger partial charge in [-0.25, -0.2) is 17.4 Å². The van der Waals surface area contributed by atoms with E-state index in [0.717, 1.165) is 7.85 Å². The van der Waals surface area contributed by atoms with Crippen LogP contribution < -0.4 is 0 Å². The largest absolute Gasteiger partial charge is 0.462 e. The van der Waals surface area contributed by atoms with Crippen molar-refractivity contribution in [3.8, 4) is 0 Å². The summed E-state index contributed by atoms with van der Waals surface area (Å²) in [5, 5.41) is 0.709. The van der Waals surface area contributed by atoms with Crippen LogP contribution in [0.5, 0.6) is 0 Å². The molecule has 2 saturated heterocycles. The van der Waals surface area contributed by atoms with Crippen LogP contribution in [-0.4, -0.2) is 46.5 Å². The molecule has 0 spiro atoms. The maximum Gasteiger partial charge on any atom is 0.462 e. The van der Waals surface area contributed by atoms with Gasteiger partial charge in [-0.1, -0.05) is 0 Å². The first-order chi connectivity index (χ1) is 8.82. The molecule has 12 heteroatoms. The van der Waals surface area contributed by atoms with Gasteiger partial charge in [0.2, 0.25) is 0 Å². The third kappa shape index (κ3) is 1.51. The lowest BCUT2D eigenvalue weighted by Gasteiger charge is -2.35. The molecular formula is C7HBr3N6O3. The first kappa shape index (κ1) is 14.0. The van der Waals surface area contributed by atoms with Crippen molar-refractivity contribution in [3.63, 3.8) is 0 Å². The van der Waals surface area contributed by atoms with E-state index in [9.17, 15) is 14.4 Å². The van der Waals surface area contributed by atoms with Crippen LogP contribution in [0.3, 0.4) is 0 Å². The molecule has 2 fully saturated rings. The number of urea groups is 2. The summed E-state index contributed by atoms with van der Waals surface area (Å²) in [4.78, 5) is 41.5. The Bertz CT molecular complexity index is 584. The van der Waals surface area contributed by atoms with Crippen LogP contribution in [0.25, 0.3) is 9.91 Å². The highest BCUT2D eigenvalue weighted by atomic mass is 79.9. The number of imide groups is 1. The molecule has 0 radical (unpaired) electrons. The number of carbonyl (C=O) groups excluding carboxylic acids is 3. The fraction of sp³-hybridized carbons (Fsp3) is 0.286. The number of hydrogen-bond acceptors (Lipinski definition) is 3. The predicted molar refractivity (Wildman–Crippen MR) is 69.7 cm³/mol. The molecule has 2 aliphatic heterocycles. The van der Waals surface area contributed by atoms with Crippen molar-refractivity contribution in [2.75, 3.05) is 0 Å². The Morgan fingerprint density at radius 1 is 1.11 bits per heavy atom. The van der Waals surface area contributed by atoms with Crippen molar-refractivity contribution >= 4 is 66.2 Å². The monoisotopic (exact) mass is 454 g/mol. The Morgan fingerprint density at radius 2 is 1.68 bits per heavy atom. The second-order valence-electron chi connectivity index (χ2n) is 3.36. The first-order valence-electron chi connectivity index (χ1n) is 4.39. The number of alkyl halides is 1. The molecule has 2 aliphatic rings. The number of rotatable bonds is 0. The van der Waals surface area contributed by atoms with Gasteiger partial charge in [0.1, 0.15) is 0 Å². The molecule has 0 aromatic rings. The minimum atomic E-state index is -1.73. The third-order valence-corrected chi connectivity index (χ3v) is 5.66. The Labute approximate surface area is 132 Å². The SMILES string of the molecule is [C-]#[N+]N1C(=O)C2N(Br)C(=O)N(Br)C2(Br)N([N+]#[C-])C1=O. The summed E-state index contributed by atoms with van der Waals surface area (Å²) in [7, 11) is 0. The van der Waals surface area contributed by atoms with E-state index in [1.165, 1.54) is 0 Å². The summed E-state index contributed by atoms with van der Waals surface area (Å²) in [6.45, 7) is 13.8. The molecule has 0 saturated carbocycles. The number of nitrogens with zero attached hydrogens (tertiary/aromatic N) is 6. The molecule has 2 atom stereocenters. The Balaban J connectivity index is 2.66. The highest BCUT2D eigenvalue weighted by Crippen LogP contribution is 2.48. The summed E-state index contributed by atoms with van der Waals surface area (Å²) >= 11 is 8.85. The summed E-state index contributed by atoms with van der Waals surface area (Å²) in [6.07, 6.45) is 0. The zero-order chi connectivity index (χ0) is 14.5. The van der Waals surface area contributed by atoms with Gasteiger partial charge in [0.25, 0.3) is 4.57 Å². The zero-order valence-electron chi connectivity index (χ0n) is 8.62. The quantitative estimate of drug-likeness (QED) is 0.241.